The number of nitrogens with one attached hydrogen (secondary N) is 1. The summed E-state index contributed by atoms with van der Waals surface area (Å²) in [6, 6.07) is 3.37. The van der Waals surface area contributed by atoms with Crippen molar-refractivity contribution in [2.24, 2.45) is 5.10 Å². The summed E-state index contributed by atoms with van der Waals surface area (Å²) >= 11 is 9.72. The second-order valence-electron chi connectivity index (χ2n) is 3.36. The lowest BCUT2D eigenvalue weighted by Gasteiger charge is -1.98. The summed E-state index contributed by atoms with van der Waals surface area (Å²) in [6.45, 7) is 0. The number of pyridine rings is 1. The quantitative estimate of drug-likeness (QED) is 0.571. The molecular formula is C11H6Br3N3O2. The molecule has 0 spiro atoms. The second-order valence-corrected chi connectivity index (χ2v) is 5.85. The van der Waals surface area contributed by atoms with Gasteiger partial charge < -0.3 is 4.42 Å². The van der Waals surface area contributed by atoms with Crippen molar-refractivity contribution in [3.63, 3.8) is 0 Å². The van der Waals surface area contributed by atoms with Crippen molar-refractivity contribution >= 4 is 59.9 Å². The van der Waals surface area contributed by atoms with E-state index < -0.39 is 0 Å². The molecule has 19 heavy (non-hydrogen) atoms. The van der Waals surface area contributed by atoms with Gasteiger partial charge in [0.15, 0.2) is 4.67 Å². The first-order valence-electron chi connectivity index (χ1n) is 4.95. The molecule has 5 nitrogen and oxygen atoms in total. The molecule has 0 aliphatic heterocycles. The van der Waals surface area contributed by atoms with Crippen molar-refractivity contribution in [3.8, 4) is 0 Å². The van der Waals surface area contributed by atoms with E-state index in [-0.39, 0.29) is 5.91 Å². The van der Waals surface area contributed by atoms with E-state index in [2.05, 4.69) is 63.3 Å². The van der Waals surface area contributed by atoms with E-state index >= 15 is 0 Å². The van der Waals surface area contributed by atoms with Crippen molar-refractivity contribution in [2.75, 3.05) is 0 Å². The zero-order chi connectivity index (χ0) is 13.8. The smallest absolute Gasteiger partial charge is 0.272 e. The lowest BCUT2D eigenvalue weighted by Crippen LogP contribution is -2.17. The van der Waals surface area contributed by atoms with Crippen LogP contribution < -0.4 is 5.43 Å². The molecule has 0 aliphatic rings. The van der Waals surface area contributed by atoms with Gasteiger partial charge in [-0.05, 0) is 53.9 Å². The summed E-state index contributed by atoms with van der Waals surface area (Å²) in [5.41, 5.74) is 2.79. The van der Waals surface area contributed by atoms with E-state index in [0.717, 1.165) is 8.95 Å². The van der Waals surface area contributed by atoms with Gasteiger partial charge in [0.2, 0.25) is 0 Å². The van der Waals surface area contributed by atoms with E-state index in [1.54, 1.807) is 18.3 Å². The van der Waals surface area contributed by atoms with Gasteiger partial charge in [-0.15, -0.1) is 0 Å². The first-order valence-corrected chi connectivity index (χ1v) is 7.33. The predicted octanol–water partition coefficient (Wildman–Crippen LogP) is 3.73. The summed E-state index contributed by atoms with van der Waals surface area (Å²) < 4.78 is 7.34. The minimum atomic E-state index is -0.352. The van der Waals surface area contributed by atoms with Gasteiger partial charge in [-0.25, -0.2) is 5.43 Å². The minimum absolute atomic E-state index is 0.352. The van der Waals surface area contributed by atoms with Crippen LogP contribution in [0.5, 0.6) is 0 Å². The number of amides is 1. The SMILES string of the molecule is O=C(N/N=C\c1cc(Br)c(Br)o1)c1cncc(Br)c1. The fourth-order valence-electron chi connectivity index (χ4n) is 1.18. The number of nitrogens with zero attached hydrogens (tertiary/aromatic N) is 2. The highest BCUT2D eigenvalue weighted by molar-refractivity contribution is 9.13. The van der Waals surface area contributed by atoms with Crippen LogP contribution in [0.15, 0.2) is 47.7 Å². The zero-order valence-electron chi connectivity index (χ0n) is 9.23. The Labute approximate surface area is 133 Å². The average molecular weight is 452 g/mol. The van der Waals surface area contributed by atoms with E-state index in [1.807, 2.05) is 0 Å². The van der Waals surface area contributed by atoms with Gasteiger partial charge in [-0.1, -0.05) is 0 Å². The highest BCUT2D eigenvalue weighted by atomic mass is 79.9. The molecule has 8 heteroatoms. The van der Waals surface area contributed by atoms with Crippen LogP contribution >= 0.6 is 47.8 Å². The van der Waals surface area contributed by atoms with Gasteiger partial charge in [-0.3, -0.25) is 9.78 Å². The molecule has 2 aromatic heterocycles. The lowest BCUT2D eigenvalue weighted by molar-refractivity contribution is 0.0954. The molecule has 0 aromatic carbocycles. The summed E-state index contributed by atoms with van der Waals surface area (Å²) in [6.07, 6.45) is 4.45. The Morgan fingerprint density at radius 2 is 2.11 bits per heavy atom. The van der Waals surface area contributed by atoms with Gasteiger partial charge in [0.25, 0.3) is 5.91 Å². The highest BCUT2D eigenvalue weighted by Crippen LogP contribution is 2.25. The molecule has 0 radical (unpaired) electrons. The Morgan fingerprint density at radius 1 is 1.32 bits per heavy atom. The minimum Gasteiger partial charge on any atom is -0.447 e. The predicted molar refractivity (Wildman–Crippen MR) is 81.1 cm³/mol. The fraction of sp³-hybridized carbons (Fsp3) is 0. The molecule has 2 aromatic rings. The topological polar surface area (TPSA) is 67.5 Å². The Hall–Kier alpha value is -0.990. The molecule has 0 bridgehead atoms. The van der Waals surface area contributed by atoms with Crippen LogP contribution in [0.2, 0.25) is 0 Å². The van der Waals surface area contributed by atoms with Crippen LogP contribution in [0.25, 0.3) is 0 Å². The fourth-order valence-corrected chi connectivity index (χ4v) is 2.15. The summed E-state index contributed by atoms with van der Waals surface area (Å²) in [4.78, 5) is 15.6. The number of carbonyl (C=O) groups is 1. The van der Waals surface area contributed by atoms with Crippen molar-refractivity contribution in [1.82, 2.24) is 10.4 Å². The number of rotatable bonds is 3. The standard InChI is InChI=1S/C11H6Br3N3O2/c12-7-1-6(3-15-4-7)11(18)17-16-5-8-2-9(13)10(14)19-8/h1-5H,(H,17,18)/b16-5-. The Morgan fingerprint density at radius 3 is 2.74 bits per heavy atom. The van der Waals surface area contributed by atoms with Gasteiger partial charge in [0, 0.05) is 22.9 Å². The maximum absolute atomic E-state index is 11.7. The van der Waals surface area contributed by atoms with Gasteiger partial charge in [-0.2, -0.15) is 5.10 Å². The molecule has 1 amide bonds. The molecule has 0 fully saturated rings. The first kappa shape index (κ1) is 14.4. The number of hydrogen-bond donors (Lipinski definition) is 1. The molecule has 2 rings (SSSR count). The number of hydrazone groups is 1. The molecule has 0 atom stereocenters. The Kier molecular flexibility index (Phi) is 4.89. The van der Waals surface area contributed by atoms with Crippen LogP contribution in [-0.2, 0) is 0 Å². The number of carbonyl (C=O) groups excluding carboxylic acids is 1. The van der Waals surface area contributed by atoms with Crippen molar-refractivity contribution in [3.05, 3.63) is 49.5 Å². The van der Waals surface area contributed by atoms with Crippen LogP contribution in [0.1, 0.15) is 16.1 Å². The second kappa shape index (κ2) is 6.44. The van der Waals surface area contributed by atoms with Crippen molar-refractivity contribution < 1.29 is 9.21 Å². The third-order valence-electron chi connectivity index (χ3n) is 1.99. The molecule has 0 saturated carbocycles. The highest BCUT2D eigenvalue weighted by Gasteiger charge is 2.06. The summed E-state index contributed by atoms with van der Waals surface area (Å²) in [5, 5.41) is 3.80. The number of furan rings is 1. The van der Waals surface area contributed by atoms with Gasteiger partial charge in [0.1, 0.15) is 5.76 Å². The first-order chi connectivity index (χ1) is 9.06. The third kappa shape index (κ3) is 3.99. The summed E-state index contributed by atoms with van der Waals surface area (Å²) in [5.74, 6) is 0.154. The van der Waals surface area contributed by atoms with Crippen LogP contribution in [0, 0.1) is 0 Å². The Balaban J connectivity index is 2.00. The van der Waals surface area contributed by atoms with E-state index in [1.165, 1.54) is 12.4 Å². The molecule has 1 N–H and O–H groups in total. The third-order valence-corrected chi connectivity index (χ3v) is 4.13. The number of hydrogen-bond acceptors (Lipinski definition) is 4. The molecule has 0 saturated heterocycles. The van der Waals surface area contributed by atoms with Crippen molar-refractivity contribution in [2.45, 2.75) is 0 Å². The number of halogens is 3. The number of aromatic nitrogens is 1. The monoisotopic (exact) mass is 449 g/mol. The Bertz CT molecular complexity index is 620. The van der Waals surface area contributed by atoms with E-state index in [9.17, 15) is 4.79 Å². The normalized spacial score (nSPS) is 10.9. The van der Waals surface area contributed by atoms with Crippen LogP contribution in [-0.4, -0.2) is 17.1 Å². The largest absolute Gasteiger partial charge is 0.447 e. The van der Waals surface area contributed by atoms with Gasteiger partial charge >= 0.3 is 0 Å². The van der Waals surface area contributed by atoms with Crippen LogP contribution in [0.4, 0.5) is 0 Å². The van der Waals surface area contributed by atoms with Gasteiger partial charge in [0.05, 0.1) is 16.3 Å². The zero-order valence-corrected chi connectivity index (χ0v) is 14.0. The molecule has 2 heterocycles. The maximum Gasteiger partial charge on any atom is 0.272 e. The molecule has 98 valence electrons. The van der Waals surface area contributed by atoms with Crippen molar-refractivity contribution in [1.29, 1.82) is 0 Å². The lowest BCUT2D eigenvalue weighted by atomic mass is 10.3. The van der Waals surface area contributed by atoms with Crippen LogP contribution in [0.3, 0.4) is 0 Å². The molecule has 0 aliphatic carbocycles. The summed E-state index contributed by atoms with van der Waals surface area (Å²) in [7, 11) is 0. The molecule has 0 unspecified atom stereocenters. The van der Waals surface area contributed by atoms with E-state index in [0.29, 0.717) is 16.0 Å². The molecular weight excluding hydrogens is 446 g/mol. The maximum atomic E-state index is 11.7. The average Bonchev–Trinajstić information content (AvgIpc) is 2.68. The van der Waals surface area contributed by atoms with E-state index in [4.69, 9.17) is 4.42 Å².